The van der Waals surface area contributed by atoms with Gasteiger partial charge in [0.15, 0.2) is 0 Å². The Morgan fingerprint density at radius 2 is 2.00 bits per heavy atom. The second-order valence-electron chi connectivity index (χ2n) is 5.70. The van der Waals surface area contributed by atoms with Crippen molar-refractivity contribution in [3.8, 4) is 0 Å². The van der Waals surface area contributed by atoms with Crippen molar-refractivity contribution >= 4 is 5.91 Å². The fourth-order valence-corrected chi connectivity index (χ4v) is 2.82. The van der Waals surface area contributed by atoms with Gasteiger partial charge in [-0.25, -0.2) is 0 Å². The van der Waals surface area contributed by atoms with Crippen LogP contribution in [-0.2, 0) is 4.79 Å². The average molecular weight is 269 g/mol. The number of amides is 1. The van der Waals surface area contributed by atoms with E-state index in [-0.39, 0.29) is 11.9 Å². The number of nitrogens with two attached hydrogens (primary N) is 1. The molecular formula is C15H31N3O. The minimum atomic E-state index is -0.0339. The first kappa shape index (κ1) is 16.4. The molecule has 0 saturated heterocycles. The van der Waals surface area contributed by atoms with Gasteiger partial charge in [-0.1, -0.05) is 26.2 Å². The quantitative estimate of drug-likeness (QED) is 0.707. The Morgan fingerprint density at radius 1 is 1.32 bits per heavy atom. The molecule has 0 aromatic heterocycles. The maximum Gasteiger partial charge on any atom is 0.237 e. The molecule has 19 heavy (non-hydrogen) atoms. The molecule has 0 aromatic rings. The molecule has 112 valence electrons. The van der Waals surface area contributed by atoms with Crippen LogP contribution in [0.5, 0.6) is 0 Å². The first-order valence-corrected chi connectivity index (χ1v) is 7.93. The van der Waals surface area contributed by atoms with Gasteiger partial charge in [0.25, 0.3) is 0 Å². The van der Waals surface area contributed by atoms with E-state index in [4.69, 9.17) is 5.73 Å². The molecule has 0 bridgehead atoms. The predicted molar refractivity (Wildman–Crippen MR) is 80.0 cm³/mol. The number of hydrogen-bond donors (Lipinski definition) is 2. The Kier molecular flexibility index (Phi) is 8.07. The standard InChI is InChI=1S/C15H31N3O/c1-3-11-18(12-7-10-16)13(2)15(19)17-14-8-5-4-6-9-14/h13-14H,3-12,16H2,1-2H3,(H,17,19). The van der Waals surface area contributed by atoms with Crippen molar-refractivity contribution in [1.29, 1.82) is 0 Å². The molecule has 1 atom stereocenters. The van der Waals surface area contributed by atoms with E-state index in [1.807, 2.05) is 6.92 Å². The molecule has 1 amide bonds. The summed E-state index contributed by atoms with van der Waals surface area (Å²) in [6.07, 6.45) is 8.16. The number of hydrogen-bond acceptors (Lipinski definition) is 3. The lowest BCUT2D eigenvalue weighted by molar-refractivity contribution is -0.126. The zero-order valence-corrected chi connectivity index (χ0v) is 12.7. The Morgan fingerprint density at radius 3 is 2.58 bits per heavy atom. The van der Waals surface area contributed by atoms with Gasteiger partial charge in [0.2, 0.25) is 5.91 Å². The zero-order chi connectivity index (χ0) is 14.1. The average Bonchev–Trinajstić information content (AvgIpc) is 2.43. The van der Waals surface area contributed by atoms with Crippen LogP contribution in [0.1, 0.15) is 58.8 Å². The predicted octanol–water partition coefficient (Wildman–Crippen LogP) is 1.88. The highest BCUT2D eigenvalue weighted by Gasteiger charge is 2.23. The van der Waals surface area contributed by atoms with Gasteiger partial charge in [-0.2, -0.15) is 0 Å². The SMILES string of the molecule is CCCN(CCCN)C(C)C(=O)NC1CCCCC1. The molecule has 1 rings (SSSR count). The van der Waals surface area contributed by atoms with E-state index in [0.29, 0.717) is 12.6 Å². The van der Waals surface area contributed by atoms with E-state index in [1.165, 1.54) is 19.3 Å². The Bertz CT molecular complexity index is 252. The first-order valence-electron chi connectivity index (χ1n) is 7.93. The van der Waals surface area contributed by atoms with Gasteiger partial charge in [-0.3, -0.25) is 9.69 Å². The molecule has 0 spiro atoms. The summed E-state index contributed by atoms with van der Waals surface area (Å²) in [6, 6.07) is 0.370. The molecule has 4 heteroatoms. The molecule has 3 N–H and O–H groups in total. The number of carbonyl (C=O) groups is 1. The normalized spacial score (nSPS) is 18.5. The van der Waals surface area contributed by atoms with Crippen LogP contribution in [0.4, 0.5) is 0 Å². The second-order valence-corrected chi connectivity index (χ2v) is 5.70. The summed E-state index contributed by atoms with van der Waals surface area (Å²) in [5, 5.41) is 3.22. The van der Waals surface area contributed by atoms with Gasteiger partial charge >= 0.3 is 0 Å². The molecule has 1 aliphatic rings. The summed E-state index contributed by atoms with van der Waals surface area (Å²) in [6.45, 7) is 6.76. The molecule has 0 aromatic carbocycles. The maximum atomic E-state index is 12.3. The summed E-state index contributed by atoms with van der Waals surface area (Å²) in [4.78, 5) is 14.6. The van der Waals surface area contributed by atoms with Gasteiger partial charge in [0.1, 0.15) is 0 Å². The monoisotopic (exact) mass is 269 g/mol. The van der Waals surface area contributed by atoms with E-state index >= 15 is 0 Å². The molecule has 4 nitrogen and oxygen atoms in total. The molecule has 0 heterocycles. The van der Waals surface area contributed by atoms with Crippen molar-refractivity contribution in [2.24, 2.45) is 5.73 Å². The van der Waals surface area contributed by atoms with Crippen LogP contribution < -0.4 is 11.1 Å². The molecule has 1 fully saturated rings. The lowest BCUT2D eigenvalue weighted by atomic mass is 9.95. The van der Waals surface area contributed by atoms with Gasteiger partial charge in [-0.15, -0.1) is 0 Å². The summed E-state index contributed by atoms with van der Waals surface area (Å²) in [5.74, 6) is 0.192. The number of rotatable bonds is 8. The fourth-order valence-electron chi connectivity index (χ4n) is 2.82. The van der Waals surface area contributed by atoms with Gasteiger partial charge in [-0.05, 0) is 45.7 Å². The Labute approximate surface area is 118 Å². The van der Waals surface area contributed by atoms with E-state index in [2.05, 4.69) is 17.1 Å². The summed E-state index contributed by atoms with van der Waals surface area (Å²) < 4.78 is 0. The third kappa shape index (κ3) is 5.91. The first-order chi connectivity index (χ1) is 9.19. The largest absolute Gasteiger partial charge is 0.352 e. The van der Waals surface area contributed by atoms with E-state index in [1.54, 1.807) is 0 Å². The van der Waals surface area contributed by atoms with Crippen LogP contribution in [0.25, 0.3) is 0 Å². The van der Waals surface area contributed by atoms with Crippen LogP contribution in [0.15, 0.2) is 0 Å². The van der Waals surface area contributed by atoms with Crippen molar-refractivity contribution in [3.63, 3.8) is 0 Å². The minimum Gasteiger partial charge on any atom is -0.352 e. The fraction of sp³-hybridized carbons (Fsp3) is 0.933. The molecular weight excluding hydrogens is 238 g/mol. The van der Waals surface area contributed by atoms with Crippen molar-refractivity contribution in [2.45, 2.75) is 70.9 Å². The van der Waals surface area contributed by atoms with Crippen molar-refractivity contribution in [3.05, 3.63) is 0 Å². The van der Waals surface area contributed by atoms with Crippen molar-refractivity contribution in [1.82, 2.24) is 10.2 Å². The highest BCUT2D eigenvalue weighted by atomic mass is 16.2. The lowest BCUT2D eigenvalue weighted by Crippen LogP contribution is -2.49. The molecule has 1 saturated carbocycles. The summed E-state index contributed by atoms with van der Waals surface area (Å²) in [5.41, 5.74) is 5.57. The van der Waals surface area contributed by atoms with Crippen LogP contribution in [-0.4, -0.2) is 42.5 Å². The smallest absolute Gasteiger partial charge is 0.237 e. The topological polar surface area (TPSA) is 58.4 Å². The minimum absolute atomic E-state index is 0.0339. The highest BCUT2D eigenvalue weighted by Crippen LogP contribution is 2.17. The maximum absolute atomic E-state index is 12.3. The third-order valence-corrected chi connectivity index (χ3v) is 4.04. The van der Waals surface area contributed by atoms with Gasteiger partial charge in [0.05, 0.1) is 6.04 Å². The molecule has 0 aliphatic heterocycles. The van der Waals surface area contributed by atoms with E-state index in [9.17, 15) is 4.79 Å². The molecule has 1 aliphatic carbocycles. The third-order valence-electron chi connectivity index (χ3n) is 4.04. The Hall–Kier alpha value is -0.610. The zero-order valence-electron chi connectivity index (χ0n) is 12.7. The molecule has 0 radical (unpaired) electrons. The van der Waals surface area contributed by atoms with Crippen LogP contribution in [0.2, 0.25) is 0 Å². The number of nitrogens with zero attached hydrogens (tertiary/aromatic N) is 1. The Balaban J connectivity index is 2.41. The van der Waals surface area contributed by atoms with Crippen molar-refractivity contribution in [2.75, 3.05) is 19.6 Å². The van der Waals surface area contributed by atoms with Crippen LogP contribution >= 0.6 is 0 Å². The van der Waals surface area contributed by atoms with E-state index < -0.39 is 0 Å². The van der Waals surface area contributed by atoms with Gasteiger partial charge < -0.3 is 11.1 Å². The summed E-state index contributed by atoms with van der Waals surface area (Å²) >= 11 is 0. The number of nitrogens with one attached hydrogen (secondary N) is 1. The van der Waals surface area contributed by atoms with Crippen LogP contribution in [0, 0.1) is 0 Å². The molecule has 1 unspecified atom stereocenters. The number of carbonyl (C=O) groups excluding carboxylic acids is 1. The van der Waals surface area contributed by atoms with Gasteiger partial charge in [0, 0.05) is 12.6 Å². The highest BCUT2D eigenvalue weighted by molar-refractivity contribution is 5.81. The lowest BCUT2D eigenvalue weighted by Gasteiger charge is -2.30. The van der Waals surface area contributed by atoms with Crippen LogP contribution in [0.3, 0.4) is 0 Å². The second kappa shape index (κ2) is 9.32. The van der Waals surface area contributed by atoms with Crippen molar-refractivity contribution < 1.29 is 4.79 Å². The van der Waals surface area contributed by atoms with E-state index in [0.717, 1.165) is 38.8 Å². The summed E-state index contributed by atoms with van der Waals surface area (Å²) in [7, 11) is 0.